The first-order chi connectivity index (χ1) is 16.5. The largest absolute Gasteiger partial charge is 0.480 e. The Morgan fingerprint density at radius 2 is 1.63 bits per heavy atom. The predicted molar refractivity (Wildman–Crippen MR) is 139 cm³/mol. The van der Waals surface area contributed by atoms with Gasteiger partial charge >= 0.3 is 5.97 Å². The van der Waals surface area contributed by atoms with E-state index in [-0.39, 0.29) is 17.9 Å². The lowest BCUT2D eigenvalue weighted by Crippen LogP contribution is -2.54. The van der Waals surface area contributed by atoms with E-state index in [1.807, 2.05) is 13.8 Å². The van der Waals surface area contributed by atoms with Crippen LogP contribution in [0.1, 0.15) is 112 Å². The molecule has 4 aliphatic rings. The number of hydrogen-bond acceptors (Lipinski definition) is 3. The van der Waals surface area contributed by atoms with E-state index in [0.717, 1.165) is 37.0 Å². The van der Waals surface area contributed by atoms with E-state index in [1.165, 1.54) is 44.9 Å². The second-order valence-corrected chi connectivity index (χ2v) is 13.9. The fourth-order valence-corrected chi connectivity index (χ4v) is 9.73. The molecule has 0 aromatic rings. The monoisotopic (exact) mass is 489 g/mol. The molecule has 0 aromatic heterocycles. The molecule has 0 aliphatic heterocycles. The van der Waals surface area contributed by atoms with Crippen LogP contribution in [0.3, 0.4) is 0 Å². The van der Waals surface area contributed by atoms with E-state index >= 15 is 0 Å². The van der Waals surface area contributed by atoms with Crippen molar-refractivity contribution >= 4 is 11.9 Å². The fraction of sp³-hybridized carbons (Fsp3) is 0.933. The van der Waals surface area contributed by atoms with Gasteiger partial charge in [0.2, 0.25) is 5.91 Å². The van der Waals surface area contributed by atoms with Crippen LogP contribution in [0.4, 0.5) is 0 Å². The first-order valence-electron chi connectivity index (χ1n) is 14.7. The molecule has 0 aromatic carbocycles. The maximum absolute atomic E-state index is 12.6. The average Bonchev–Trinajstić information content (AvgIpc) is 3.14. The average molecular weight is 490 g/mol. The van der Waals surface area contributed by atoms with Crippen LogP contribution in [0, 0.1) is 52.3 Å². The molecule has 5 nitrogen and oxygen atoms in total. The van der Waals surface area contributed by atoms with Gasteiger partial charge in [0.15, 0.2) is 0 Å². The van der Waals surface area contributed by atoms with Gasteiger partial charge in [-0.2, -0.15) is 0 Å². The normalized spacial score (nSPS) is 42.5. The highest BCUT2D eigenvalue weighted by Gasteiger charge is 2.60. The Kier molecular flexibility index (Phi) is 7.96. The number of hydrogen-bond donors (Lipinski definition) is 3. The quantitative estimate of drug-likeness (QED) is 0.388. The van der Waals surface area contributed by atoms with Crippen LogP contribution >= 0.6 is 0 Å². The van der Waals surface area contributed by atoms with Crippen LogP contribution in [0.15, 0.2) is 0 Å². The van der Waals surface area contributed by atoms with E-state index in [9.17, 15) is 19.8 Å². The fourth-order valence-electron chi connectivity index (χ4n) is 9.73. The van der Waals surface area contributed by atoms with Crippen LogP contribution in [-0.4, -0.2) is 34.2 Å². The molecule has 4 saturated carbocycles. The van der Waals surface area contributed by atoms with Crippen molar-refractivity contribution < 1.29 is 19.8 Å². The van der Waals surface area contributed by atoms with Crippen LogP contribution < -0.4 is 5.32 Å². The maximum atomic E-state index is 12.6. The summed E-state index contributed by atoms with van der Waals surface area (Å²) in [4.78, 5) is 24.1. The molecular formula is C30H51NO4. The number of nitrogens with one attached hydrogen (secondary N) is 1. The Labute approximate surface area is 213 Å². The Bertz CT molecular complexity index is 782. The van der Waals surface area contributed by atoms with Crippen LogP contribution in [0.2, 0.25) is 0 Å². The van der Waals surface area contributed by atoms with Gasteiger partial charge in [0, 0.05) is 6.42 Å². The molecule has 4 rings (SSSR count). The molecule has 0 spiro atoms. The highest BCUT2D eigenvalue weighted by molar-refractivity contribution is 5.83. The van der Waals surface area contributed by atoms with Gasteiger partial charge in [-0.05, 0) is 123 Å². The molecule has 10 atom stereocenters. The van der Waals surface area contributed by atoms with Gasteiger partial charge < -0.3 is 15.5 Å². The van der Waals surface area contributed by atoms with E-state index in [4.69, 9.17) is 0 Å². The lowest BCUT2D eigenvalue weighted by atomic mass is 9.44. The second kappa shape index (κ2) is 10.3. The van der Waals surface area contributed by atoms with Crippen molar-refractivity contribution in [1.29, 1.82) is 0 Å². The van der Waals surface area contributed by atoms with Crippen molar-refractivity contribution in [2.75, 3.05) is 0 Å². The second-order valence-electron chi connectivity index (χ2n) is 13.9. The molecule has 5 heteroatoms. The number of carboxylic acids is 1. The molecule has 200 valence electrons. The molecule has 0 heterocycles. The van der Waals surface area contributed by atoms with Crippen molar-refractivity contribution in [3.8, 4) is 0 Å². The number of amides is 1. The number of carbonyl (C=O) groups excluding carboxylic acids is 1. The van der Waals surface area contributed by atoms with Gasteiger partial charge in [0.25, 0.3) is 0 Å². The summed E-state index contributed by atoms with van der Waals surface area (Å²) < 4.78 is 0. The summed E-state index contributed by atoms with van der Waals surface area (Å²) in [5.74, 6) is 3.49. The molecule has 1 amide bonds. The van der Waals surface area contributed by atoms with Crippen LogP contribution in [0.5, 0.6) is 0 Å². The van der Waals surface area contributed by atoms with Crippen molar-refractivity contribution in [2.24, 2.45) is 52.3 Å². The van der Waals surface area contributed by atoms with E-state index in [0.29, 0.717) is 41.4 Å². The minimum atomic E-state index is -0.932. The summed E-state index contributed by atoms with van der Waals surface area (Å²) in [6.07, 6.45) is 12.7. The number of carboxylic acid groups (broad SMARTS) is 1. The number of carbonyl (C=O) groups is 2. The molecule has 4 fully saturated rings. The first-order valence-corrected chi connectivity index (χ1v) is 14.7. The summed E-state index contributed by atoms with van der Waals surface area (Å²) in [7, 11) is 0. The van der Waals surface area contributed by atoms with E-state index < -0.39 is 12.0 Å². The minimum absolute atomic E-state index is 0.0801. The zero-order valence-electron chi connectivity index (χ0n) is 22.9. The van der Waals surface area contributed by atoms with Gasteiger partial charge in [-0.1, -0.05) is 34.6 Å². The molecule has 0 unspecified atom stereocenters. The maximum Gasteiger partial charge on any atom is 0.326 e. The highest BCUT2D eigenvalue weighted by atomic mass is 16.4. The standard InChI is InChI=1S/C30H51NO4/c1-18(2)16-26(28(34)35)31-27(33)11-6-19(3)23-9-10-24-22-8-7-20-17-21(32)12-14-29(20,4)25(22)13-15-30(23,24)5/h18-26,32H,6-17H2,1-5H3,(H,31,33)(H,34,35)/t19-,20-,21-,22+,23-,24+,25+,26+,29+,30-/m1/s1. The lowest BCUT2D eigenvalue weighted by molar-refractivity contribution is -0.142. The molecule has 0 bridgehead atoms. The van der Waals surface area contributed by atoms with Crippen LogP contribution in [-0.2, 0) is 9.59 Å². The third kappa shape index (κ3) is 5.18. The third-order valence-corrected chi connectivity index (χ3v) is 11.6. The summed E-state index contributed by atoms with van der Waals surface area (Å²) >= 11 is 0. The molecule has 0 saturated heterocycles. The summed E-state index contributed by atoms with van der Waals surface area (Å²) in [5, 5.41) is 22.5. The first kappa shape index (κ1) is 26.9. The number of fused-ring (bicyclic) bond motifs is 5. The van der Waals surface area contributed by atoms with Crippen molar-refractivity contribution in [3.63, 3.8) is 0 Å². The summed E-state index contributed by atoms with van der Waals surface area (Å²) in [5.41, 5.74) is 0.789. The van der Waals surface area contributed by atoms with Gasteiger partial charge in [-0.15, -0.1) is 0 Å². The molecule has 3 N–H and O–H groups in total. The Morgan fingerprint density at radius 1 is 0.943 bits per heavy atom. The number of aliphatic hydroxyl groups excluding tert-OH is 1. The van der Waals surface area contributed by atoms with Crippen LogP contribution in [0.25, 0.3) is 0 Å². The van der Waals surface area contributed by atoms with Crippen molar-refractivity contribution in [1.82, 2.24) is 5.32 Å². The van der Waals surface area contributed by atoms with Gasteiger partial charge in [-0.25, -0.2) is 4.79 Å². The summed E-state index contributed by atoms with van der Waals surface area (Å²) in [6.45, 7) is 11.4. The Balaban J connectivity index is 1.36. The zero-order valence-corrected chi connectivity index (χ0v) is 22.9. The number of aliphatic hydroxyl groups is 1. The molecular weight excluding hydrogens is 438 g/mol. The SMILES string of the molecule is CC(C)C[C@H](NC(=O)CC[C@@H](C)[C@H]1CC[C@H]2[C@@H]3CC[C@@H]4C[C@H](O)CC[C@]4(C)[C@H]3CC[C@]12C)C(=O)O. The van der Waals surface area contributed by atoms with Crippen molar-refractivity contribution in [3.05, 3.63) is 0 Å². The Hall–Kier alpha value is -1.10. The van der Waals surface area contributed by atoms with Gasteiger partial charge in [0.05, 0.1) is 6.10 Å². The number of aliphatic carboxylic acids is 1. The zero-order chi connectivity index (χ0) is 25.5. The topological polar surface area (TPSA) is 86.6 Å². The van der Waals surface area contributed by atoms with E-state index in [1.54, 1.807) is 0 Å². The highest BCUT2D eigenvalue weighted by Crippen LogP contribution is 2.68. The van der Waals surface area contributed by atoms with Crippen molar-refractivity contribution in [2.45, 2.75) is 124 Å². The third-order valence-electron chi connectivity index (χ3n) is 11.6. The Morgan fingerprint density at radius 3 is 2.31 bits per heavy atom. The smallest absolute Gasteiger partial charge is 0.326 e. The van der Waals surface area contributed by atoms with Gasteiger partial charge in [-0.3, -0.25) is 4.79 Å². The molecule has 4 aliphatic carbocycles. The van der Waals surface area contributed by atoms with Gasteiger partial charge in [0.1, 0.15) is 6.04 Å². The molecule has 0 radical (unpaired) electrons. The lowest BCUT2D eigenvalue weighted by Gasteiger charge is -2.61. The minimum Gasteiger partial charge on any atom is -0.480 e. The van der Waals surface area contributed by atoms with E-state index in [2.05, 4.69) is 26.1 Å². The molecule has 35 heavy (non-hydrogen) atoms. The number of rotatable bonds is 8. The predicted octanol–water partition coefficient (Wildman–Crippen LogP) is 6.04. The summed E-state index contributed by atoms with van der Waals surface area (Å²) in [6, 6.07) is -0.779.